The summed E-state index contributed by atoms with van der Waals surface area (Å²) in [6.07, 6.45) is 1.45. The molecule has 0 aliphatic carbocycles. The summed E-state index contributed by atoms with van der Waals surface area (Å²) >= 11 is 9.28. The summed E-state index contributed by atoms with van der Waals surface area (Å²) in [5, 5.41) is 15.7. The molecule has 0 aliphatic rings. The zero-order valence-electron chi connectivity index (χ0n) is 19.8. The molecule has 0 aromatic heterocycles. The SMILES string of the molecule is COc1cc(/C=C(\C#N)C(=O)Nc2cccc(C)c2C)cc(Br)c1OCC(=O)Nc1ccc(Cl)cc1. The molecule has 0 heterocycles. The van der Waals surface area contributed by atoms with Crippen molar-refractivity contribution in [3.8, 4) is 17.6 Å². The van der Waals surface area contributed by atoms with Crippen LogP contribution in [0.3, 0.4) is 0 Å². The van der Waals surface area contributed by atoms with Gasteiger partial charge in [0.2, 0.25) is 0 Å². The number of aryl methyl sites for hydroxylation is 1. The predicted molar refractivity (Wildman–Crippen MR) is 144 cm³/mol. The second kappa shape index (κ2) is 12.2. The molecule has 0 spiro atoms. The lowest BCUT2D eigenvalue weighted by molar-refractivity contribution is -0.118. The van der Waals surface area contributed by atoms with Crippen LogP contribution in [-0.4, -0.2) is 25.5 Å². The van der Waals surface area contributed by atoms with E-state index < -0.39 is 5.91 Å². The lowest BCUT2D eigenvalue weighted by Crippen LogP contribution is -2.20. The Kier molecular flexibility index (Phi) is 9.12. The summed E-state index contributed by atoms with van der Waals surface area (Å²) in [7, 11) is 1.45. The molecule has 184 valence electrons. The van der Waals surface area contributed by atoms with E-state index in [0.717, 1.165) is 11.1 Å². The van der Waals surface area contributed by atoms with E-state index in [1.165, 1.54) is 13.2 Å². The Morgan fingerprint density at radius 3 is 2.50 bits per heavy atom. The fourth-order valence-corrected chi connectivity index (χ4v) is 3.92. The average Bonchev–Trinajstić information content (AvgIpc) is 2.85. The predicted octanol–water partition coefficient (Wildman–Crippen LogP) is 6.29. The number of nitrogens with one attached hydrogen (secondary N) is 2. The molecule has 0 saturated carbocycles. The minimum absolute atomic E-state index is 0.0825. The molecule has 9 heteroatoms. The number of amides is 2. The highest BCUT2D eigenvalue weighted by atomic mass is 79.9. The monoisotopic (exact) mass is 567 g/mol. The minimum atomic E-state index is -0.527. The summed E-state index contributed by atoms with van der Waals surface area (Å²) < 4.78 is 11.6. The molecule has 2 N–H and O–H groups in total. The Bertz CT molecular complexity index is 1360. The third-order valence-electron chi connectivity index (χ3n) is 5.26. The van der Waals surface area contributed by atoms with Gasteiger partial charge in [-0.15, -0.1) is 0 Å². The van der Waals surface area contributed by atoms with E-state index in [0.29, 0.717) is 37.9 Å². The van der Waals surface area contributed by atoms with Crippen molar-refractivity contribution in [1.29, 1.82) is 5.26 Å². The van der Waals surface area contributed by atoms with Gasteiger partial charge in [-0.25, -0.2) is 0 Å². The highest BCUT2D eigenvalue weighted by molar-refractivity contribution is 9.10. The van der Waals surface area contributed by atoms with Gasteiger partial charge in [-0.05, 0) is 95.0 Å². The van der Waals surface area contributed by atoms with Gasteiger partial charge >= 0.3 is 0 Å². The highest BCUT2D eigenvalue weighted by Gasteiger charge is 2.16. The second-order valence-electron chi connectivity index (χ2n) is 7.75. The van der Waals surface area contributed by atoms with Crippen LogP contribution in [0.25, 0.3) is 6.08 Å². The van der Waals surface area contributed by atoms with Gasteiger partial charge in [0.05, 0.1) is 11.6 Å². The standard InChI is InChI=1S/C27H23BrClN3O4/c1-16-5-4-6-23(17(16)2)32-27(34)19(14-30)11-18-12-22(28)26(24(13-18)35-3)36-15-25(33)31-21-9-7-20(29)8-10-21/h4-13H,15H2,1-3H3,(H,31,33)(H,32,34)/b19-11+. The Labute approximate surface area is 222 Å². The molecule has 36 heavy (non-hydrogen) atoms. The number of carbonyl (C=O) groups excluding carboxylic acids is 2. The van der Waals surface area contributed by atoms with Gasteiger partial charge in [-0.1, -0.05) is 23.7 Å². The maximum atomic E-state index is 12.7. The molecule has 0 saturated heterocycles. The highest BCUT2D eigenvalue weighted by Crippen LogP contribution is 2.37. The zero-order valence-corrected chi connectivity index (χ0v) is 22.2. The fourth-order valence-electron chi connectivity index (χ4n) is 3.22. The lowest BCUT2D eigenvalue weighted by atomic mass is 10.1. The van der Waals surface area contributed by atoms with Crippen LogP contribution in [0, 0.1) is 25.2 Å². The minimum Gasteiger partial charge on any atom is -0.493 e. The van der Waals surface area contributed by atoms with E-state index in [1.54, 1.807) is 42.5 Å². The molecule has 0 unspecified atom stereocenters. The van der Waals surface area contributed by atoms with Gasteiger partial charge < -0.3 is 20.1 Å². The summed E-state index contributed by atoms with van der Waals surface area (Å²) in [5.74, 6) is -0.271. The zero-order chi connectivity index (χ0) is 26.2. The van der Waals surface area contributed by atoms with Crippen LogP contribution < -0.4 is 20.1 Å². The summed E-state index contributed by atoms with van der Waals surface area (Å²) in [6, 6.07) is 17.5. The second-order valence-corrected chi connectivity index (χ2v) is 9.04. The molecule has 3 aromatic rings. The van der Waals surface area contributed by atoms with Crippen molar-refractivity contribution in [2.24, 2.45) is 0 Å². The Balaban J connectivity index is 1.75. The van der Waals surface area contributed by atoms with Crippen LogP contribution in [-0.2, 0) is 9.59 Å². The van der Waals surface area contributed by atoms with Gasteiger partial charge in [0.1, 0.15) is 11.6 Å². The first-order valence-corrected chi connectivity index (χ1v) is 11.9. The molecular weight excluding hydrogens is 546 g/mol. The van der Waals surface area contributed by atoms with Crippen molar-refractivity contribution in [2.45, 2.75) is 13.8 Å². The molecular formula is C27H23BrClN3O4. The third-order valence-corrected chi connectivity index (χ3v) is 6.10. The number of halogens is 2. The van der Waals surface area contributed by atoms with Gasteiger partial charge in [-0.3, -0.25) is 9.59 Å². The van der Waals surface area contributed by atoms with E-state index in [-0.39, 0.29) is 18.1 Å². The molecule has 0 bridgehead atoms. The molecule has 3 aromatic carbocycles. The van der Waals surface area contributed by atoms with Crippen molar-refractivity contribution >= 4 is 56.8 Å². The summed E-state index contributed by atoms with van der Waals surface area (Å²) in [4.78, 5) is 25.0. The number of methoxy groups -OCH3 is 1. The maximum absolute atomic E-state index is 12.7. The number of anilines is 2. The van der Waals surface area contributed by atoms with Crippen molar-refractivity contribution in [3.63, 3.8) is 0 Å². The van der Waals surface area contributed by atoms with Crippen molar-refractivity contribution < 1.29 is 19.1 Å². The Morgan fingerprint density at radius 2 is 1.83 bits per heavy atom. The smallest absolute Gasteiger partial charge is 0.266 e. The Morgan fingerprint density at radius 1 is 1.11 bits per heavy atom. The van der Waals surface area contributed by atoms with Crippen LogP contribution in [0.5, 0.6) is 11.5 Å². The van der Waals surface area contributed by atoms with Gasteiger partial charge in [0.15, 0.2) is 18.1 Å². The molecule has 7 nitrogen and oxygen atoms in total. The summed E-state index contributed by atoms with van der Waals surface area (Å²) in [6.45, 7) is 3.58. The summed E-state index contributed by atoms with van der Waals surface area (Å²) in [5.41, 5.74) is 3.63. The number of nitriles is 1. The largest absolute Gasteiger partial charge is 0.493 e. The van der Waals surface area contributed by atoms with Gasteiger partial charge in [0, 0.05) is 16.4 Å². The van der Waals surface area contributed by atoms with Gasteiger partial charge in [-0.2, -0.15) is 5.26 Å². The number of rotatable bonds is 8. The van der Waals surface area contributed by atoms with E-state index in [9.17, 15) is 14.9 Å². The Hall–Kier alpha value is -3.80. The van der Waals surface area contributed by atoms with E-state index in [2.05, 4.69) is 26.6 Å². The van der Waals surface area contributed by atoms with Gasteiger partial charge in [0.25, 0.3) is 11.8 Å². The number of carbonyl (C=O) groups is 2. The van der Waals surface area contributed by atoms with Crippen molar-refractivity contribution in [2.75, 3.05) is 24.4 Å². The molecule has 0 aliphatic heterocycles. The molecule has 3 rings (SSSR count). The quantitative estimate of drug-likeness (QED) is 0.246. The molecule has 0 radical (unpaired) electrons. The van der Waals surface area contributed by atoms with E-state index in [1.807, 2.05) is 32.0 Å². The molecule has 2 amide bonds. The van der Waals surface area contributed by atoms with Crippen LogP contribution in [0.1, 0.15) is 16.7 Å². The number of ether oxygens (including phenoxy) is 2. The number of hydrogen-bond donors (Lipinski definition) is 2. The van der Waals surface area contributed by atoms with Crippen LogP contribution in [0.2, 0.25) is 5.02 Å². The van der Waals surface area contributed by atoms with E-state index >= 15 is 0 Å². The lowest BCUT2D eigenvalue weighted by Gasteiger charge is -2.14. The van der Waals surface area contributed by atoms with Crippen molar-refractivity contribution in [3.05, 3.63) is 86.4 Å². The molecule has 0 atom stereocenters. The maximum Gasteiger partial charge on any atom is 0.266 e. The number of hydrogen-bond acceptors (Lipinski definition) is 5. The number of nitrogens with zero attached hydrogens (tertiary/aromatic N) is 1. The first-order valence-electron chi connectivity index (χ1n) is 10.8. The topological polar surface area (TPSA) is 100 Å². The first-order chi connectivity index (χ1) is 17.2. The first kappa shape index (κ1) is 26.8. The fraction of sp³-hybridized carbons (Fsp3) is 0.148. The van der Waals surface area contributed by atoms with Crippen molar-refractivity contribution in [1.82, 2.24) is 0 Å². The molecule has 0 fully saturated rings. The van der Waals surface area contributed by atoms with Crippen LogP contribution >= 0.6 is 27.5 Å². The normalized spacial score (nSPS) is 10.8. The average molecular weight is 569 g/mol. The van der Waals surface area contributed by atoms with E-state index in [4.69, 9.17) is 21.1 Å². The van der Waals surface area contributed by atoms with Crippen LogP contribution in [0.4, 0.5) is 11.4 Å². The van der Waals surface area contributed by atoms with Crippen LogP contribution in [0.15, 0.2) is 64.6 Å². The third kappa shape index (κ3) is 6.87. The number of benzene rings is 3.